The second-order valence-corrected chi connectivity index (χ2v) is 6.31. The van der Waals surface area contributed by atoms with Crippen LogP contribution >= 0.6 is 0 Å². The topological polar surface area (TPSA) is 56.2 Å². The van der Waals surface area contributed by atoms with E-state index in [0.717, 1.165) is 11.3 Å². The fraction of sp³-hybridized carbons (Fsp3) is 0.412. The molecule has 1 unspecified atom stereocenters. The molecule has 0 fully saturated rings. The van der Waals surface area contributed by atoms with Gasteiger partial charge >= 0.3 is 6.36 Å². The molecule has 1 N–H and O–H groups in total. The Balaban J connectivity index is 2.05. The Morgan fingerprint density at radius 3 is 2.72 bits per heavy atom. The predicted molar refractivity (Wildman–Crippen MR) is 85.6 cm³/mol. The summed E-state index contributed by atoms with van der Waals surface area (Å²) in [6.07, 6.45) is -4.61. The summed E-state index contributed by atoms with van der Waals surface area (Å²) < 4.78 is 43.1. The Labute approximate surface area is 142 Å². The number of aromatic nitrogens is 2. The maximum Gasteiger partial charge on any atom is 0.573 e. The average molecular weight is 353 g/mol. The Morgan fingerprint density at radius 2 is 2.08 bits per heavy atom. The van der Waals surface area contributed by atoms with Crippen LogP contribution in [0.3, 0.4) is 0 Å². The molecule has 3 rings (SSSR count). The molecule has 2 aromatic rings. The normalized spacial score (nSPS) is 17.4. The molecule has 1 atom stereocenters. The smallest absolute Gasteiger partial charge is 0.406 e. The minimum absolute atomic E-state index is 0.0430. The quantitative estimate of drug-likeness (QED) is 0.902. The van der Waals surface area contributed by atoms with Crippen LogP contribution in [-0.4, -0.2) is 22.1 Å². The second-order valence-electron chi connectivity index (χ2n) is 6.31. The van der Waals surface area contributed by atoms with Gasteiger partial charge in [-0.2, -0.15) is 5.10 Å². The van der Waals surface area contributed by atoms with Gasteiger partial charge in [-0.1, -0.05) is 12.1 Å². The van der Waals surface area contributed by atoms with Crippen molar-refractivity contribution in [1.29, 1.82) is 0 Å². The molecular weight excluding hydrogens is 335 g/mol. The number of rotatable bonds is 3. The fourth-order valence-electron chi connectivity index (χ4n) is 3.16. The molecule has 1 aromatic heterocycles. The Hall–Kier alpha value is -2.51. The lowest BCUT2D eigenvalue weighted by molar-refractivity contribution is -0.274. The van der Waals surface area contributed by atoms with Gasteiger partial charge in [0.1, 0.15) is 11.6 Å². The number of fused-ring (bicyclic) bond motifs is 1. The van der Waals surface area contributed by atoms with E-state index in [1.165, 1.54) is 18.2 Å². The number of halogens is 3. The van der Waals surface area contributed by atoms with Crippen LogP contribution < -0.4 is 10.1 Å². The number of nitrogens with one attached hydrogen (secondary N) is 1. The number of ether oxygens (including phenoxy) is 1. The summed E-state index contributed by atoms with van der Waals surface area (Å²) in [6.45, 7) is 5.72. The van der Waals surface area contributed by atoms with Crippen molar-refractivity contribution in [1.82, 2.24) is 9.78 Å². The van der Waals surface area contributed by atoms with Crippen molar-refractivity contribution in [2.75, 3.05) is 5.32 Å². The molecule has 8 heteroatoms. The number of carbonyl (C=O) groups excluding carboxylic acids is 1. The second kappa shape index (κ2) is 6.09. The van der Waals surface area contributed by atoms with Crippen molar-refractivity contribution in [3.05, 3.63) is 41.1 Å². The highest BCUT2D eigenvalue weighted by molar-refractivity contribution is 5.94. The third kappa shape index (κ3) is 3.47. The summed E-state index contributed by atoms with van der Waals surface area (Å²) in [5.74, 6) is -0.253. The SMILES string of the molecule is Cc1nn(C(C)C)c2c1C(c1cccc(OC(F)(F)F)c1)CC(=O)N2. The first-order chi connectivity index (χ1) is 11.7. The number of anilines is 1. The third-order valence-electron chi connectivity index (χ3n) is 4.11. The number of hydrogen-bond acceptors (Lipinski definition) is 3. The molecule has 2 heterocycles. The summed E-state index contributed by atoms with van der Waals surface area (Å²) in [5.41, 5.74) is 2.16. The van der Waals surface area contributed by atoms with Crippen molar-refractivity contribution in [2.45, 2.75) is 45.5 Å². The average Bonchev–Trinajstić information content (AvgIpc) is 2.82. The Kier molecular flexibility index (Phi) is 4.22. The number of carbonyl (C=O) groups is 1. The third-order valence-corrected chi connectivity index (χ3v) is 4.11. The van der Waals surface area contributed by atoms with Crippen molar-refractivity contribution < 1.29 is 22.7 Å². The maximum absolute atomic E-state index is 12.5. The monoisotopic (exact) mass is 353 g/mol. The van der Waals surface area contributed by atoms with Crippen LogP contribution in [0.1, 0.15) is 49.0 Å². The van der Waals surface area contributed by atoms with Gasteiger partial charge in [-0.15, -0.1) is 13.2 Å². The van der Waals surface area contributed by atoms with E-state index in [-0.39, 0.29) is 30.0 Å². The van der Waals surface area contributed by atoms with E-state index in [0.29, 0.717) is 11.4 Å². The van der Waals surface area contributed by atoms with Gasteiger partial charge in [0.15, 0.2) is 0 Å². The van der Waals surface area contributed by atoms with Gasteiger partial charge in [0.05, 0.1) is 5.69 Å². The van der Waals surface area contributed by atoms with Gasteiger partial charge in [-0.3, -0.25) is 4.79 Å². The van der Waals surface area contributed by atoms with Crippen LogP contribution in [0.15, 0.2) is 24.3 Å². The largest absolute Gasteiger partial charge is 0.573 e. The molecule has 1 aliphatic heterocycles. The zero-order chi connectivity index (χ0) is 18.4. The molecule has 0 radical (unpaired) electrons. The maximum atomic E-state index is 12.5. The van der Waals surface area contributed by atoms with Crippen LogP contribution in [0.2, 0.25) is 0 Å². The van der Waals surface area contributed by atoms with Crippen molar-refractivity contribution in [3.63, 3.8) is 0 Å². The number of alkyl halides is 3. The molecular formula is C17H18F3N3O2. The predicted octanol–water partition coefficient (Wildman–Crippen LogP) is 4.15. The highest BCUT2D eigenvalue weighted by Crippen LogP contribution is 2.41. The zero-order valence-corrected chi connectivity index (χ0v) is 14.0. The van der Waals surface area contributed by atoms with E-state index >= 15 is 0 Å². The number of aryl methyl sites for hydroxylation is 1. The first-order valence-corrected chi connectivity index (χ1v) is 7.90. The summed E-state index contributed by atoms with van der Waals surface area (Å²) in [6, 6.07) is 5.80. The molecule has 0 saturated carbocycles. The molecule has 0 bridgehead atoms. The minimum atomic E-state index is -4.76. The van der Waals surface area contributed by atoms with E-state index in [9.17, 15) is 18.0 Å². The first-order valence-electron chi connectivity index (χ1n) is 7.90. The lowest BCUT2D eigenvalue weighted by Crippen LogP contribution is -2.25. The highest BCUT2D eigenvalue weighted by atomic mass is 19.4. The zero-order valence-electron chi connectivity index (χ0n) is 14.0. The first kappa shape index (κ1) is 17.3. The van der Waals surface area contributed by atoms with E-state index in [4.69, 9.17) is 0 Å². The highest BCUT2D eigenvalue weighted by Gasteiger charge is 2.34. The van der Waals surface area contributed by atoms with Crippen LogP contribution in [0.5, 0.6) is 5.75 Å². The van der Waals surface area contributed by atoms with Crippen LogP contribution in [-0.2, 0) is 4.79 Å². The molecule has 134 valence electrons. The number of hydrogen-bond donors (Lipinski definition) is 1. The van der Waals surface area contributed by atoms with Gasteiger partial charge in [0.25, 0.3) is 0 Å². The van der Waals surface area contributed by atoms with Crippen molar-refractivity contribution >= 4 is 11.7 Å². The van der Waals surface area contributed by atoms with Gasteiger partial charge in [-0.05, 0) is 38.5 Å². The molecule has 25 heavy (non-hydrogen) atoms. The molecule has 1 aliphatic rings. The Morgan fingerprint density at radius 1 is 1.36 bits per heavy atom. The molecule has 0 spiro atoms. The van der Waals surface area contributed by atoms with Gasteiger partial charge in [0.2, 0.25) is 5.91 Å². The summed E-state index contributed by atoms with van der Waals surface area (Å²) in [7, 11) is 0. The minimum Gasteiger partial charge on any atom is -0.406 e. The molecule has 1 amide bonds. The summed E-state index contributed by atoms with van der Waals surface area (Å²) >= 11 is 0. The van der Waals surface area contributed by atoms with Crippen LogP contribution in [0, 0.1) is 6.92 Å². The fourth-order valence-corrected chi connectivity index (χ4v) is 3.16. The molecule has 1 aromatic carbocycles. The molecule has 5 nitrogen and oxygen atoms in total. The van der Waals surface area contributed by atoms with Gasteiger partial charge in [0, 0.05) is 23.9 Å². The molecule has 0 aliphatic carbocycles. The molecule has 0 saturated heterocycles. The lowest BCUT2D eigenvalue weighted by atomic mass is 9.85. The standard InChI is InChI=1S/C17H18F3N3O2/c1-9(2)23-16-15(10(3)22-23)13(8-14(24)21-16)11-5-4-6-12(7-11)25-17(18,19)20/h4-7,9,13H,8H2,1-3H3,(H,21,24). The van der Waals surface area contributed by atoms with Gasteiger partial charge in [-0.25, -0.2) is 4.68 Å². The summed E-state index contributed by atoms with van der Waals surface area (Å²) in [4.78, 5) is 12.1. The lowest BCUT2D eigenvalue weighted by Gasteiger charge is -2.25. The van der Waals surface area contributed by atoms with E-state index in [1.807, 2.05) is 20.8 Å². The van der Waals surface area contributed by atoms with Crippen LogP contribution in [0.25, 0.3) is 0 Å². The number of amides is 1. The number of nitrogens with zero attached hydrogens (tertiary/aromatic N) is 2. The van der Waals surface area contributed by atoms with Gasteiger partial charge < -0.3 is 10.1 Å². The number of benzene rings is 1. The van der Waals surface area contributed by atoms with Crippen molar-refractivity contribution in [3.8, 4) is 5.75 Å². The van der Waals surface area contributed by atoms with Crippen LogP contribution in [0.4, 0.5) is 19.0 Å². The summed E-state index contributed by atoms with van der Waals surface area (Å²) in [5, 5.41) is 7.31. The Bertz CT molecular complexity index is 812. The van der Waals surface area contributed by atoms with E-state index < -0.39 is 6.36 Å². The van der Waals surface area contributed by atoms with Crippen molar-refractivity contribution in [2.24, 2.45) is 0 Å². The van der Waals surface area contributed by atoms with E-state index in [1.54, 1.807) is 10.7 Å². The van der Waals surface area contributed by atoms with E-state index in [2.05, 4.69) is 15.2 Å².